The monoisotopic (exact) mass is 209 g/mol. The minimum Gasteiger partial charge on any atom is -0.373 e. The lowest BCUT2D eigenvalue weighted by Crippen LogP contribution is -2.14. The summed E-state index contributed by atoms with van der Waals surface area (Å²) in [6.07, 6.45) is 2.81. The molecule has 0 amide bonds. The molecule has 0 aliphatic carbocycles. The molecule has 4 heteroatoms. The van der Waals surface area contributed by atoms with Crippen LogP contribution in [0.25, 0.3) is 0 Å². The van der Waals surface area contributed by atoms with Gasteiger partial charge in [0.05, 0.1) is 5.69 Å². The van der Waals surface area contributed by atoms with E-state index in [4.69, 9.17) is 4.74 Å². The first-order valence-corrected chi connectivity index (χ1v) is 5.46. The molecule has 0 atom stereocenters. The Morgan fingerprint density at radius 2 is 2.27 bits per heavy atom. The Kier molecular flexibility index (Phi) is 5.88. The minimum atomic E-state index is 0.508. The van der Waals surface area contributed by atoms with Crippen LogP contribution >= 0.6 is 0 Å². The van der Waals surface area contributed by atoms with E-state index in [2.05, 4.69) is 29.1 Å². The number of nitrogens with zero attached hydrogens (tertiary/aromatic N) is 2. The molecule has 1 N–H and O–H groups in total. The predicted molar refractivity (Wildman–Crippen MR) is 59.4 cm³/mol. The Labute approximate surface area is 91.1 Å². The van der Waals surface area contributed by atoms with Gasteiger partial charge in [-0.15, -0.1) is 0 Å². The van der Waals surface area contributed by atoms with Gasteiger partial charge in [-0.25, -0.2) is 9.97 Å². The van der Waals surface area contributed by atoms with Crippen molar-refractivity contribution in [3.05, 3.63) is 23.8 Å². The summed E-state index contributed by atoms with van der Waals surface area (Å²) in [4.78, 5) is 8.54. The Morgan fingerprint density at radius 1 is 1.40 bits per heavy atom. The molecule has 0 aliphatic heterocycles. The van der Waals surface area contributed by atoms with E-state index in [0.29, 0.717) is 6.61 Å². The molecule has 15 heavy (non-hydrogen) atoms. The maximum absolute atomic E-state index is 5.38. The zero-order valence-electron chi connectivity index (χ0n) is 9.49. The maximum atomic E-state index is 5.38. The first-order valence-electron chi connectivity index (χ1n) is 5.46. The zero-order valence-corrected chi connectivity index (χ0v) is 9.49. The molecule has 1 aromatic heterocycles. The largest absolute Gasteiger partial charge is 0.373 e. The van der Waals surface area contributed by atoms with Crippen molar-refractivity contribution >= 4 is 0 Å². The topological polar surface area (TPSA) is 47.0 Å². The van der Waals surface area contributed by atoms with Gasteiger partial charge < -0.3 is 10.1 Å². The maximum Gasteiger partial charge on any atom is 0.154 e. The van der Waals surface area contributed by atoms with Gasteiger partial charge in [0.1, 0.15) is 6.61 Å². The summed E-state index contributed by atoms with van der Waals surface area (Å²) in [6, 6.07) is 1.92. The SMILES string of the molecule is CCCOCc1nccc(CNCC)n1. The summed E-state index contributed by atoms with van der Waals surface area (Å²) in [7, 11) is 0. The molecule has 1 heterocycles. The lowest BCUT2D eigenvalue weighted by Gasteiger charge is -2.04. The Bertz CT molecular complexity index is 278. The Balaban J connectivity index is 2.42. The highest BCUT2D eigenvalue weighted by atomic mass is 16.5. The second kappa shape index (κ2) is 7.31. The molecule has 0 radical (unpaired) electrons. The first kappa shape index (κ1) is 12.1. The molecule has 1 aromatic rings. The van der Waals surface area contributed by atoms with E-state index in [9.17, 15) is 0 Å². The molecule has 0 fully saturated rings. The number of aromatic nitrogens is 2. The number of nitrogens with one attached hydrogen (secondary N) is 1. The molecule has 0 aliphatic rings. The third-order valence-corrected chi connectivity index (χ3v) is 1.90. The molecule has 0 aromatic carbocycles. The quantitative estimate of drug-likeness (QED) is 0.691. The molecule has 0 spiro atoms. The molecule has 1 rings (SSSR count). The second-order valence-corrected chi connectivity index (χ2v) is 3.30. The predicted octanol–water partition coefficient (Wildman–Crippen LogP) is 1.51. The van der Waals surface area contributed by atoms with E-state index in [0.717, 1.165) is 37.6 Å². The lowest BCUT2D eigenvalue weighted by molar-refractivity contribution is 0.116. The van der Waals surface area contributed by atoms with Crippen molar-refractivity contribution in [2.75, 3.05) is 13.2 Å². The van der Waals surface area contributed by atoms with E-state index in [1.165, 1.54) is 0 Å². The van der Waals surface area contributed by atoms with E-state index >= 15 is 0 Å². The minimum absolute atomic E-state index is 0.508. The zero-order chi connectivity index (χ0) is 10.9. The van der Waals surface area contributed by atoms with E-state index in [1.807, 2.05) is 6.07 Å². The smallest absolute Gasteiger partial charge is 0.154 e. The highest BCUT2D eigenvalue weighted by molar-refractivity contribution is 5.01. The molecule has 0 bridgehead atoms. The van der Waals surface area contributed by atoms with Crippen molar-refractivity contribution < 1.29 is 4.74 Å². The van der Waals surface area contributed by atoms with Crippen molar-refractivity contribution in [1.82, 2.24) is 15.3 Å². The molecular weight excluding hydrogens is 190 g/mol. The van der Waals surface area contributed by atoms with Crippen LogP contribution < -0.4 is 5.32 Å². The number of rotatable bonds is 7. The van der Waals surface area contributed by atoms with Crippen LogP contribution in [0.15, 0.2) is 12.3 Å². The lowest BCUT2D eigenvalue weighted by atomic mass is 10.4. The number of hydrogen-bond acceptors (Lipinski definition) is 4. The van der Waals surface area contributed by atoms with Crippen LogP contribution in [0, 0.1) is 0 Å². The van der Waals surface area contributed by atoms with Gasteiger partial charge >= 0.3 is 0 Å². The number of ether oxygens (including phenoxy) is 1. The summed E-state index contributed by atoms with van der Waals surface area (Å²) in [5.74, 6) is 0.763. The van der Waals surface area contributed by atoms with E-state index < -0.39 is 0 Å². The molecule has 84 valence electrons. The molecule has 0 saturated heterocycles. The van der Waals surface area contributed by atoms with Crippen LogP contribution in [0.1, 0.15) is 31.8 Å². The fourth-order valence-corrected chi connectivity index (χ4v) is 1.17. The summed E-state index contributed by atoms with van der Waals surface area (Å²) >= 11 is 0. The normalized spacial score (nSPS) is 10.5. The molecule has 0 saturated carbocycles. The Morgan fingerprint density at radius 3 is 3.00 bits per heavy atom. The summed E-state index contributed by atoms with van der Waals surface area (Å²) in [5, 5.41) is 3.23. The average Bonchev–Trinajstić information content (AvgIpc) is 2.27. The molecule has 0 unspecified atom stereocenters. The fourth-order valence-electron chi connectivity index (χ4n) is 1.17. The average molecular weight is 209 g/mol. The molecular formula is C11H19N3O. The van der Waals surface area contributed by atoms with Gasteiger partial charge in [0.25, 0.3) is 0 Å². The van der Waals surface area contributed by atoms with Crippen LogP contribution in [0.2, 0.25) is 0 Å². The fraction of sp³-hybridized carbons (Fsp3) is 0.636. The Hall–Kier alpha value is -1.00. The van der Waals surface area contributed by atoms with Gasteiger partial charge in [-0.1, -0.05) is 13.8 Å². The van der Waals surface area contributed by atoms with Crippen LogP contribution in [0.5, 0.6) is 0 Å². The highest BCUT2D eigenvalue weighted by Gasteiger charge is 1.98. The van der Waals surface area contributed by atoms with Gasteiger partial charge in [0.15, 0.2) is 5.82 Å². The van der Waals surface area contributed by atoms with Gasteiger partial charge in [0, 0.05) is 19.3 Å². The van der Waals surface area contributed by atoms with Crippen molar-refractivity contribution in [2.24, 2.45) is 0 Å². The first-order chi connectivity index (χ1) is 7.36. The summed E-state index contributed by atoms with van der Waals surface area (Å²) in [5.41, 5.74) is 1.02. The van der Waals surface area contributed by atoms with Crippen molar-refractivity contribution in [2.45, 2.75) is 33.4 Å². The van der Waals surface area contributed by atoms with Crippen LogP contribution in [-0.2, 0) is 17.9 Å². The van der Waals surface area contributed by atoms with Crippen LogP contribution in [0.3, 0.4) is 0 Å². The highest BCUT2D eigenvalue weighted by Crippen LogP contribution is 1.97. The van der Waals surface area contributed by atoms with Crippen molar-refractivity contribution in [1.29, 1.82) is 0 Å². The van der Waals surface area contributed by atoms with Crippen LogP contribution in [-0.4, -0.2) is 23.1 Å². The summed E-state index contributed by atoms with van der Waals surface area (Å²) in [6.45, 7) is 7.18. The van der Waals surface area contributed by atoms with Crippen molar-refractivity contribution in [3.63, 3.8) is 0 Å². The number of hydrogen-bond donors (Lipinski definition) is 1. The summed E-state index contributed by atoms with van der Waals surface area (Å²) < 4.78 is 5.38. The van der Waals surface area contributed by atoms with Crippen molar-refractivity contribution in [3.8, 4) is 0 Å². The van der Waals surface area contributed by atoms with Gasteiger partial charge in [-0.2, -0.15) is 0 Å². The van der Waals surface area contributed by atoms with E-state index in [-0.39, 0.29) is 0 Å². The van der Waals surface area contributed by atoms with Gasteiger partial charge in [-0.05, 0) is 19.0 Å². The van der Waals surface area contributed by atoms with Gasteiger partial charge in [-0.3, -0.25) is 0 Å². The second-order valence-electron chi connectivity index (χ2n) is 3.30. The van der Waals surface area contributed by atoms with E-state index in [1.54, 1.807) is 6.20 Å². The third kappa shape index (κ3) is 4.85. The standard InChI is InChI=1S/C11H19N3O/c1-3-7-15-9-11-13-6-5-10(14-11)8-12-4-2/h5-6,12H,3-4,7-9H2,1-2H3. The molecule has 4 nitrogen and oxygen atoms in total. The third-order valence-electron chi connectivity index (χ3n) is 1.90. The van der Waals surface area contributed by atoms with Crippen LogP contribution in [0.4, 0.5) is 0 Å². The van der Waals surface area contributed by atoms with Gasteiger partial charge in [0.2, 0.25) is 0 Å².